The van der Waals surface area contributed by atoms with Crippen LogP contribution >= 0.6 is 0 Å². The van der Waals surface area contributed by atoms with Crippen molar-refractivity contribution in [3.63, 3.8) is 0 Å². The van der Waals surface area contributed by atoms with Gasteiger partial charge in [0.25, 0.3) is 0 Å². The van der Waals surface area contributed by atoms with Gasteiger partial charge in [0.2, 0.25) is 0 Å². The van der Waals surface area contributed by atoms with Gasteiger partial charge in [0, 0.05) is 5.82 Å². The summed E-state index contributed by atoms with van der Waals surface area (Å²) < 4.78 is 12.1. The fourth-order valence-electron chi connectivity index (χ4n) is 2.41. The number of hydrogen-bond acceptors (Lipinski definition) is 3. The monoisotopic (exact) mass is 223 g/mol. The highest BCUT2D eigenvalue weighted by Crippen LogP contribution is 2.52. The maximum absolute atomic E-state index is 6.06. The van der Waals surface area contributed by atoms with Crippen LogP contribution in [0, 0.1) is 0 Å². The molecule has 0 aromatic rings. The average Bonchev–Trinajstić information content (AvgIpc) is 2.32. The van der Waals surface area contributed by atoms with Crippen LogP contribution in [0.5, 0.6) is 0 Å². The third kappa shape index (κ3) is 1.54. The summed E-state index contributed by atoms with van der Waals surface area (Å²) in [5, 5.41) is 0. The molecule has 2 aliphatic rings. The van der Waals surface area contributed by atoms with Gasteiger partial charge in [-0.15, -0.1) is 0 Å². The van der Waals surface area contributed by atoms with Crippen LogP contribution in [0.4, 0.5) is 0 Å². The molecule has 1 heterocycles. The van der Waals surface area contributed by atoms with Crippen LogP contribution in [0.2, 0.25) is 5.82 Å². The van der Waals surface area contributed by atoms with Gasteiger partial charge in [-0.25, -0.2) is 0 Å². The third-order valence-corrected chi connectivity index (χ3v) is 4.72. The van der Waals surface area contributed by atoms with E-state index in [1.165, 1.54) is 0 Å². The topological polar surface area (TPSA) is 30.8 Å². The Hall–Kier alpha value is -0.345. The molecule has 2 fully saturated rings. The molecule has 1 aliphatic heterocycles. The lowest BCUT2D eigenvalue weighted by Crippen LogP contribution is -2.47. The summed E-state index contributed by atoms with van der Waals surface area (Å²) >= 11 is 0. The Morgan fingerprint density at radius 1 is 1.12 bits per heavy atom. The summed E-state index contributed by atoms with van der Waals surface area (Å²) in [7, 11) is -0.130. The van der Waals surface area contributed by atoms with Gasteiger partial charge in [0.05, 0.1) is 16.7 Å². The number of hydrogen-bond donors (Lipinski definition) is 0. The van der Waals surface area contributed by atoms with E-state index in [2.05, 4.69) is 46.3 Å². The molecule has 1 aliphatic carbocycles. The molecular formula is C12H22BNO2. The molecule has 0 radical (unpaired) electrons. The van der Waals surface area contributed by atoms with E-state index in [0.29, 0.717) is 5.82 Å². The maximum atomic E-state index is 6.06. The fraction of sp³-hybridized carbons (Fsp3) is 0.917. The SMILES string of the molecule is C=NC1(C)CC[C@H]1B1OC(C)(C)C(C)(C)O1. The Bertz CT molecular complexity index is 300. The second-order valence-corrected chi connectivity index (χ2v) is 6.29. The molecule has 90 valence electrons. The van der Waals surface area contributed by atoms with Crippen molar-refractivity contribution in [2.75, 3.05) is 0 Å². The Morgan fingerprint density at radius 2 is 1.62 bits per heavy atom. The van der Waals surface area contributed by atoms with Gasteiger partial charge in [0.1, 0.15) is 0 Å². The van der Waals surface area contributed by atoms with E-state index in [1.54, 1.807) is 0 Å². The minimum atomic E-state index is -0.241. The Balaban J connectivity index is 2.13. The summed E-state index contributed by atoms with van der Waals surface area (Å²) in [6.45, 7) is 14.2. The number of nitrogens with zero attached hydrogens (tertiary/aromatic N) is 1. The Kier molecular flexibility index (Phi) is 2.52. The molecular weight excluding hydrogens is 201 g/mol. The van der Waals surface area contributed by atoms with Gasteiger partial charge >= 0.3 is 7.12 Å². The molecule has 3 nitrogen and oxygen atoms in total. The van der Waals surface area contributed by atoms with Crippen molar-refractivity contribution in [1.29, 1.82) is 0 Å². The molecule has 0 N–H and O–H groups in total. The quantitative estimate of drug-likeness (QED) is 0.532. The van der Waals surface area contributed by atoms with Crippen LogP contribution in [0.1, 0.15) is 47.5 Å². The minimum absolute atomic E-state index is 0.0544. The smallest absolute Gasteiger partial charge is 0.403 e. The van der Waals surface area contributed by atoms with Crippen molar-refractivity contribution in [3.05, 3.63) is 0 Å². The molecule has 2 rings (SSSR count). The number of rotatable bonds is 2. The van der Waals surface area contributed by atoms with Crippen molar-refractivity contribution in [1.82, 2.24) is 0 Å². The zero-order valence-electron chi connectivity index (χ0n) is 11.0. The highest BCUT2D eigenvalue weighted by atomic mass is 16.7. The van der Waals surface area contributed by atoms with Gasteiger partial charge < -0.3 is 9.31 Å². The van der Waals surface area contributed by atoms with Crippen LogP contribution in [-0.2, 0) is 9.31 Å². The molecule has 0 bridgehead atoms. The predicted octanol–water partition coefficient (Wildman–Crippen LogP) is 2.70. The Morgan fingerprint density at radius 3 is 1.94 bits per heavy atom. The van der Waals surface area contributed by atoms with E-state index >= 15 is 0 Å². The lowest BCUT2D eigenvalue weighted by molar-refractivity contribution is 0.00578. The standard InChI is InChI=1S/C12H22BNO2/c1-10(2)11(3,4)16-13(15-10)9-7-8-12(9,5)14-6/h9H,6-8H2,1-5H3/t9-,12?/m1/s1. The van der Waals surface area contributed by atoms with E-state index in [1.807, 2.05) is 0 Å². The molecule has 1 saturated heterocycles. The lowest BCUT2D eigenvalue weighted by Gasteiger charge is -2.44. The number of aliphatic imine (C=N–C) groups is 1. The second kappa shape index (κ2) is 3.33. The lowest BCUT2D eigenvalue weighted by atomic mass is 9.51. The van der Waals surface area contributed by atoms with Gasteiger partial charge in [-0.05, 0) is 54.2 Å². The van der Waals surface area contributed by atoms with Crippen molar-refractivity contribution in [3.8, 4) is 0 Å². The molecule has 0 spiro atoms. The fourth-order valence-corrected chi connectivity index (χ4v) is 2.41. The zero-order valence-corrected chi connectivity index (χ0v) is 11.0. The molecule has 1 saturated carbocycles. The highest BCUT2D eigenvalue weighted by molar-refractivity contribution is 6.48. The first-order valence-electron chi connectivity index (χ1n) is 6.05. The average molecular weight is 223 g/mol. The summed E-state index contributed by atoms with van der Waals surface area (Å²) in [5.41, 5.74) is -0.536. The van der Waals surface area contributed by atoms with E-state index in [4.69, 9.17) is 9.31 Å². The zero-order chi connectivity index (χ0) is 12.2. The molecule has 2 atom stereocenters. The van der Waals surface area contributed by atoms with E-state index in [-0.39, 0.29) is 23.9 Å². The van der Waals surface area contributed by atoms with Crippen LogP contribution in [0.3, 0.4) is 0 Å². The van der Waals surface area contributed by atoms with Crippen LogP contribution < -0.4 is 0 Å². The van der Waals surface area contributed by atoms with Crippen molar-refractivity contribution >= 4 is 13.8 Å². The van der Waals surface area contributed by atoms with Gasteiger partial charge in [-0.3, -0.25) is 4.99 Å². The van der Waals surface area contributed by atoms with Crippen molar-refractivity contribution in [2.45, 2.75) is 70.0 Å². The first kappa shape index (κ1) is 12.1. The first-order valence-corrected chi connectivity index (χ1v) is 6.05. The van der Waals surface area contributed by atoms with Gasteiger partial charge in [-0.1, -0.05) is 0 Å². The summed E-state index contributed by atoms with van der Waals surface area (Å²) in [6, 6.07) is 0. The molecule has 0 aromatic carbocycles. The summed E-state index contributed by atoms with van der Waals surface area (Å²) in [4.78, 5) is 4.24. The van der Waals surface area contributed by atoms with Crippen molar-refractivity contribution in [2.24, 2.45) is 4.99 Å². The van der Waals surface area contributed by atoms with Gasteiger partial charge in [-0.2, -0.15) is 0 Å². The van der Waals surface area contributed by atoms with E-state index in [9.17, 15) is 0 Å². The predicted molar refractivity (Wildman–Crippen MR) is 67.0 cm³/mol. The molecule has 0 aromatic heterocycles. The minimum Gasteiger partial charge on any atom is -0.403 e. The van der Waals surface area contributed by atoms with Crippen LogP contribution in [0.25, 0.3) is 0 Å². The maximum Gasteiger partial charge on any atom is 0.463 e. The highest BCUT2D eigenvalue weighted by Gasteiger charge is 2.60. The van der Waals surface area contributed by atoms with Crippen molar-refractivity contribution < 1.29 is 9.31 Å². The molecule has 0 amide bonds. The third-order valence-electron chi connectivity index (χ3n) is 4.72. The van der Waals surface area contributed by atoms with E-state index < -0.39 is 0 Å². The summed E-state index contributed by atoms with van der Waals surface area (Å²) in [6.07, 6.45) is 2.21. The molecule has 16 heavy (non-hydrogen) atoms. The molecule has 4 heteroatoms. The van der Waals surface area contributed by atoms with Crippen LogP contribution in [0.15, 0.2) is 4.99 Å². The Labute approximate surface area is 98.8 Å². The first-order chi connectivity index (χ1) is 7.22. The largest absolute Gasteiger partial charge is 0.463 e. The second-order valence-electron chi connectivity index (χ2n) is 6.29. The normalized spacial score (nSPS) is 40.6. The molecule has 1 unspecified atom stereocenters. The van der Waals surface area contributed by atoms with E-state index in [0.717, 1.165) is 12.8 Å². The van der Waals surface area contributed by atoms with Gasteiger partial charge in [0.15, 0.2) is 0 Å². The van der Waals surface area contributed by atoms with Crippen LogP contribution in [-0.4, -0.2) is 30.6 Å². The summed E-state index contributed by atoms with van der Waals surface area (Å²) in [5.74, 6) is 0.353.